The zero-order valence-electron chi connectivity index (χ0n) is 20.6. The normalized spacial score (nSPS) is 14.8. The molecule has 0 unspecified atom stereocenters. The molecule has 0 radical (unpaired) electrons. The minimum Gasteiger partial charge on any atom is -0.394 e. The Labute approximate surface area is 224 Å². The van der Waals surface area contributed by atoms with Crippen molar-refractivity contribution in [2.75, 3.05) is 52.8 Å². The summed E-state index contributed by atoms with van der Waals surface area (Å²) in [5.41, 5.74) is 0. The summed E-state index contributed by atoms with van der Waals surface area (Å²) in [6.07, 6.45) is -12.6. The van der Waals surface area contributed by atoms with Crippen LogP contribution >= 0.6 is 0 Å². The summed E-state index contributed by atoms with van der Waals surface area (Å²) in [5.74, 6) is -58.6. The van der Waals surface area contributed by atoms with E-state index in [0.717, 1.165) is 0 Å². The second-order valence-electron chi connectivity index (χ2n) is 8.06. The van der Waals surface area contributed by atoms with Crippen molar-refractivity contribution in [3.63, 3.8) is 0 Å². The predicted molar refractivity (Wildman–Crippen MR) is 102 cm³/mol. The van der Waals surface area contributed by atoms with Crippen molar-refractivity contribution in [2.45, 2.75) is 60.5 Å². The van der Waals surface area contributed by atoms with E-state index in [4.69, 9.17) is 19.3 Å². The highest BCUT2D eigenvalue weighted by Crippen LogP contribution is 2.64. The predicted octanol–water partition coefficient (Wildman–Crippen LogP) is 4.93. The average Bonchev–Trinajstić information content (AvgIpc) is 2.84. The molecule has 0 aromatic carbocycles. The van der Waals surface area contributed by atoms with Gasteiger partial charge in [0, 0.05) is 19.4 Å². The van der Waals surface area contributed by atoms with Crippen molar-refractivity contribution in [3.05, 3.63) is 0 Å². The van der Waals surface area contributed by atoms with E-state index in [9.17, 15) is 79.4 Å². The molecule has 23 heteroatoms. The van der Waals surface area contributed by atoms with Gasteiger partial charge in [0.1, 0.15) is 0 Å². The van der Waals surface area contributed by atoms with Gasteiger partial charge in [-0.1, -0.05) is 0 Å². The first-order valence-corrected chi connectivity index (χ1v) is 11.0. The van der Waals surface area contributed by atoms with E-state index in [1.807, 2.05) is 0 Å². The molecule has 42 heavy (non-hydrogen) atoms. The first-order chi connectivity index (χ1) is 18.7. The Hall–Kier alpha value is -1.88. The first-order valence-electron chi connectivity index (χ1n) is 11.0. The van der Waals surface area contributed by atoms with Crippen LogP contribution in [0.1, 0.15) is 12.8 Å². The molecule has 0 bridgehead atoms. The minimum atomic E-state index is -8.70. The Bertz CT molecular complexity index is 851. The number of nitrogens with one attached hydrogen (secondary N) is 1. The molecule has 0 saturated heterocycles. The SMILES string of the molecule is O=C(CCC(F)(F)C(F)(F)C(F)(F)C(F)(F)C(F)(F)C(F)(F)C(F)(F)C(F)(F)F)NCCOCCOCCOCCO. The topological polar surface area (TPSA) is 77.0 Å². The van der Waals surface area contributed by atoms with Gasteiger partial charge in [-0.3, -0.25) is 4.79 Å². The third kappa shape index (κ3) is 8.18. The molecule has 2 N–H and O–H groups in total. The van der Waals surface area contributed by atoms with Crippen molar-refractivity contribution >= 4 is 5.91 Å². The van der Waals surface area contributed by atoms with Crippen LogP contribution in [0, 0.1) is 0 Å². The molecule has 0 saturated carbocycles. The van der Waals surface area contributed by atoms with E-state index in [0.29, 0.717) is 0 Å². The van der Waals surface area contributed by atoms with Gasteiger partial charge >= 0.3 is 47.6 Å². The lowest BCUT2D eigenvalue weighted by molar-refractivity contribution is -0.461. The van der Waals surface area contributed by atoms with E-state index in [1.54, 1.807) is 5.32 Å². The van der Waals surface area contributed by atoms with Crippen LogP contribution < -0.4 is 5.32 Å². The number of hydrogen-bond acceptors (Lipinski definition) is 5. The standard InChI is InChI=1S/C19H22F17NO5/c20-12(21,2-1-11(39)37-3-5-40-7-9-42-10-8-41-6-4-38)13(22,23)14(24,25)15(26,27)16(28,29)17(30,31)18(32,33)19(34,35)36/h38H,1-10H2,(H,37,39). The highest BCUT2D eigenvalue weighted by Gasteiger charge is 2.95. The fraction of sp³-hybridized carbons (Fsp3) is 0.947. The molecule has 0 atom stereocenters. The van der Waals surface area contributed by atoms with Gasteiger partial charge in [0.2, 0.25) is 5.91 Å². The molecule has 0 aromatic heterocycles. The quantitative estimate of drug-likeness (QED) is 0.142. The van der Waals surface area contributed by atoms with Crippen LogP contribution in [-0.2, 0) is 19.0 Å². The third-order valence-electron chi connectivity index (χ3n) is 5.00. The number of rotatable bonds is 20. The average molecular weight is 667 g/mol. The summed E-state index contributed by atoms with van der Waals surface area (Å²) < 4.78 is 239. The molecule has 0 aliphatic heterocycles. The van der Waals surface area contributed by atoms with Crippen molar-refractivity contribution < 1.29 is 98.7 Å². The van der Waals surface area contributed by atoms with Gasteiger partial charge in [0.15, 0.2) is 0 Å². The molecule has 0 fully saturated rings. The van der Waals surface area contributed by atoms with Gasteiger partial charge in [0.25, 0.3) is 0 Å². The zero-order valence-corrected chi connectivity index (χ0v) is 20.6. The maximum atomic E-state index is 13.8. The lowest BCUT2D eigenvalue weighted by Gasteiger charge is -2.42. The highest BCUT2D eigenvalue weighted by atomic mass is 19.4. The molecular weight excluding hydrogens is 645 g/mol. The number of hydrogen-bond donors (Lipinski definition) is 2. The largest absolute Gasteiger partial charge is 0.460 e. The monoisotopic (exact) mass is 667 g/mol. The zero-order chi connectivity index (χ0) is 33.5. The van der Waals surface area contributed by atoms with E-state index in [1.165, 1.54) is 0 Å². The Kier molecular flexibility index (Phi) is 13.6. The number of carbonyl (C=O) groups excluding carboxylic acids is 1. The van der Waals surface area contributed by atoms with Crippen LogP contribution in [-0.4, -0.2) is 111 Å². The fourth-order valence-electron chi connectivity index (χ4n) is 2.58. The van der Waals surface area contributed by atoms with E-state index in [-0.39, 0.29) is 39.6 Å². The van der Waals surface area contributed by atoms with Gasteiger partial charge in [-0.25, -0.2) is 0 Å². The molecule has 0 aromatic rings. The molecule has 0 heterocycles. The maximum absolute atomic E-state index is 13.8. The molecule has 0 aliphatic rings. The Balaban J connectivity index is 5.28. The van der Waals surface area contributed by atoms with Crippen LogP contribution in [0.4, 0.5) is 74.6 Å². The molecule has 0 spiro atoms. The van der Waals surface area contributed by atoms with Gasteiger partial charge in [0.05, 0.1) is 46.2 Å². The summed E-state index contributed by atoms with van der Waals surface area (Å²) >= 11 is 0. The minimum absolute atomic E-state index is 0.0323. The third-order valence-corrected chi connectivity index (χ3v) is 5.00. The van der Waals surface area contributed by atoms with Gasteiger partial charge in [-0.15, -0.1) is 0 Å². The second-order valence-corrected chi connectivity index (χ2v) is 8.06. The van der Waals surface area contributed by atoms with Crippen LogP contribution in [0.25, 0.3) is 0 Å². The number of carbonyl (C=O) groups is 1. The molecule has 1 amide bonds. The number of alkyl halides is 17. The van der Waals surface area contributed by atoms with Gasteiger partial charge < -0.3 is 24.6 Å². The van der Waals surface area contributed by atoms with Crippen molar-refractivity contribution in [2.24, 2.45) is 0 Å². The van der Waals surface area contributed by atoms with E-state index < -0.39 is 79.5 Å². The van der Waals surface area contributed by atoms with Crippen molar-refractivity contribution in [1.82, 2.24) is 5.32 Å². The lowest BCUT2D eigenvalue weighted by atomic mass is 9.88. The Morgan fingerprint density at radius 2 is 0.881 bits per heavy atom. The van der Waals surface area contributed by atoms with E-state index in [2.05, 4.69) is 0 Å². The van der Waals surface area contributed by atoms with Gasteiger partial charge in [-0.2, -0.15) is 74.6 Å². The molecule has 0 aliphatic carbocycles. The Morgan fingerprint density at radius 1 is 0.524 bits per heavy atom. The second kappa shape index (κ2) is 14.3. The number of aliphatic hydroxyl groups is 1. The fourth-order valence-corrected chi connectivity index (χ4v) is 2.58. The summed E-state index contributed by atoms with van der Waals surface area (Å²) in [4.78, 5) is 11.5. The molecule has 252 valence electrons. The summed E-state index contributed by atoms with van der Waals surface area (Å²) in [6.45, 7) is -1.06. The number of ether oxygens (including phenoxy) is 3. The molecule has 0 rings (SSSR count). The van der Waals surface area contributed by atoms with E-state index >= 15 is 0 Å². The summed E-state index contributed by atoms with van der Waals surface area (Å²) in [7, 11) is 0. The summed E-state index contributed by atoms with van der Waals surface area (Å²) in [5, 5.41) is 10.2. The molecule has 6 nitrogen and oxygen atoms in total. The van der Waals surface area contributed by atoms with Crippen LogP contribution in [0.3, 0.4) is 0 Å². The highest BCUT2D eigenvalue weighted by molar-refractivity contribution is 5.75. The number of halogens is 17. The molecular formula is C19H22F17NO5. The van der Waals surface area contributed by atoms with Crippen molar-refractivity contribution in [3.8, 4) is 0 Å². The summed E-state index contributed by atoms with van der Waals surface area (Å²) in [6, 6.07) is 0. The van der Waals surface area contributed by atoms with Gasteiger partial charge in [-0.05, 0) is 0 Å². The van der Waals surface area contributed by atoms with Crippen LogP contribution in [0.15, 0.2) is 0 Å². The maximum Gasteiger partial charge on any atom is 0.460 e. The smallest absolute Gasteiger partial charge is 0.394 e. The van der Waals surface area contributed by atoms with Crippen molar-refractivity contribution in [1.29, 1.82) is 0 Å². The van der Waals surface area contributed by atoms with Crippen LogP contribution in [0.5, 0.6) is 0 Å². The number of amides is 1. The van der Waals surface area contributed by atoms with Crippen LogP contribution in [0.2, 0.25) is 0 Å². The lowest BCUT2D eigenvalue weighted by Crippen LogP contribution is -2.74. The Morgan fingerprint density at radius 3 is 1.29 bits per heavy atom. The first kappa shape index (κ1) is 40.1. The number of aliphatic hydroxyl groups excluding tert-OH is 1.